The third-order valence-corrected chi connectivity index (χ3v) is 6.74. The lowest BCUT2D eigenvalue weighted by Crippen LogP contribution is -2.23. The Balaban J connectivity index is 2.20. The molecule has 0 aliphatic carbocycles. The van der Waals surface area contributed by atoms with Gasteiger partial charge in [-0.1, -0.05) is 31.2 Å². The van der Waals surface area contributed by atoms with E-state index in [2.05, 4.69) is 20.7 Å². The van der Waals surface area contributed by atoms with Crippen LogP contribution in [0.3, 0.4) is 0 Å². The maximum atomic E-state index is 12.3. The molecule has 7 heteroatoms. The smallest absolute Gasteiger partial charge is 0.242 e. The van der Waals surface area contributed by atoms with Crippen LogP contribution < -0.4 is 4.72 Å². The van der Waals surface area contributed by atoms with Crippen LogP contribution in [-0.2, 0) is 29.6 Å². The Morgan fingerprint density at radius 2 is 1.95 bits per heavy atom. The van der Waals surface area contributed by atoms with Crippen molar-refractivity contribution in [3.8, 4) is 0 Å². The topological polar surface area (TPSA) is 66.4 Å². The zero-order chi connectivity index (χ0) is 15.5. The van der Waals surface area contributed by atoms with Gasteiger partial charge in [0.25, 0.3) is 0 Å². The van der Waals surface area contributed by atoms with Crippen LogP contribution in [0.25, 0.3) is 0 Å². The van der Waals surface area contributed by atoms with E-state index in [-0.39, 0.29) is 18.0 Å². The van der Waals surface area contributed by atoms with Crippen LogP contribution in [0.2, 0.25) is 0 Å². The van der Waals surface area contributed by atoms with Gasteiger partial charge in [-0.3, -0.25) is 0 Å². The molecule has 0 saturated heterocycles. The van der Waals surface area contributed by atoms with Gasteiger partial charge in [-0.2, -0.15) is 0 Å². The maximum absolute atomic E-state index is 12.3. The fourth-order valence-corrected chi connectivity index (χ4v) is 5.53. The van der Waals surface area contributed by atoms with E-state index in [4.69, 9.17) is 5.11 Å². The molecular weight excluding hydrogens is 374 g/mol. The van der Waals surface area contributed by atoms with Crippen molar-refractivity contribution in [2.24, 2.45) is 0 Å². The van der Waals surface area contributed by atoms with Crippen LogP contribution in [0.1, 0.15) is 22.9 Å². The predicted octanol–water partition coefficient (Wildman–Crippen LogP) is 3.04. The van der Waals surface area contributed by atoms with Crippen molar-refractivity contribution in [2.75, 3.05) is 0 Å². The molecule has 4 nitrogen and oxygen atoms in total. The van der Waals surface area contributed by atoms with Gasteiger partial charge in [0.1, 0.15) is 4.90 Å². The molecule has 21 heavy (non-hydrogen) atoms. The first-order chi connectivity index (χ1) is 9.97. The number of aryl methyl sites for hydroxylation is 1. The van der Waals surface area contributed by atoms with Gasteiger partial charge in [0.2, 0.25) is 10.0 Å². The lowest BCUT2D eigenvalue weighted by molar-refractivity contribution is 0.285. The Bertz CT molecular complexity index is 726. The molecule has 1 heterocycles. The highest BCUT2D eigenvalue weighted by Crippen LogP contribution is 2.31. The van der Waals surface area contributed by atoms with Crippen molar-refractivity contribution in [1.29, 1.82) is 0 Å². The minimum Gasteiger partial charge on any atom is -0.391 e. The molecule has 0 atom stereocenters. The summed E-state index contributed by atoms with van der Waals surface area (Å²) in [7, 11) is -3.60. The van der Waals surface area contributed by atoms with Gasteiger partial charge in [0.15, 0.2) is 0 Å². The molecule has 0 radical (unpaired) electrons. The van der Waals surface area contributed by atoms with E-state index in [1.165, 1.54) is 17.4 Å². The van der Waals surface area contributed by atoms with E-state index in [0.29, 0.717) is 8.66 Å². The van der Waals surface area contributed by atoms with Crippen molar-refractivity contribution >= 4 is 37.3 Å². The summed E-state index contributed by atoms with van der Waals surface area (Å²) in [6, 6.07) is 9.24. The number of hydrogen-bond donors (Lipinski definition) is 2. The van der Waals surface area contributed by atoms with Crippen molar-refractivity contribution in [2.45, 2.75) is 31.4 Å². The van der Waals surface area contributed by atoms with Gasteiger partial charge in [0, 0.05) is 11.4 Å². The molecule has 114 valence electrons. The van der Waals surface area contributed by atoms with Crippen molar-refractivity contribution in [1.82, 2.24) is 4.72 Å². The monoisotopic (exact) mass is 389 g/mol. The van der Waals surface area contributed by atoms with Gasteiger partial charge in [-0.25, -0.2) is 13.1 Å². The van der Waals surface area contributed by atoms with E-state index >= 15 is 0 Å². The van der Waals surface area contributed by atoms with E-state index in [1.54, 1.807) is 0 Å². The minimum absolute atomic E-state index is 0.169. The summed E-state index contributed by atoms with van der Waals surface area (Å²) in [5.74, 6) is 0. The summed E-state index contributed by atoms with van der Waals surface area (Å²) in [5.41, 5.74) is 2.10. The van der Waals surface area contributed by atoms with E-state index in [0.717, 1.165) is 17.5 Å². The largest absolute Gasteiger partial charge is 0.391 e. The van der Waals surface area contributed by atoms with E-state index in [1.807, 2.05) is 31.2 Å². The molecule has 0 spiro atoms. The van der Waals surface area contributed by atoms with Gasteiger partial charge < -0.3 is 5.11 Å². The first-order valence-electron chi connectivity index (χ1n) is 6.43. The second-order valence-electron chi connectivity index (χ2n) is 4.46. The Morgan fingerprint density at radius 3 is 2.52 bits per heavy atom. The van der Waals surface area contributed by atoms with Gasteiger partial charge >= 0.3 is 0 Å². The molecule has 0 bridgehead atoms. The first kappa shape index (κ1) is 16.6. The van der Waals surface area contributed by atoms with Crippen LogP contribution >= 0.6 is 27.3 Å². The summed E-state index contributed by atoms with van der Waals surface area (Å²) < 4.78 is 27.8. The van der Waals surface area contributed by atoms with Crippen LogP contribution in [0, 0.1) is 0 Å². The SMILES string of the molecule is CCc1ccccc1CNS(=O)(=O)c1cc(CO)sc1Br. The zero-order valence-corrected chi connectivity index (χ0v) is 14.7. The number of hydrogen-bond acceptors (Lipinski definition) is 4. The second-order valence-corrected chi connectivity index (χ2v) is 8.65. The zero-order valence-electron chi connectivity index (χ0n) is 11.5. The number of nitrogens with one attached hydrogen (secondary N) is 1. The molecule has 2 rings (SSSR count). The van der Waals surface area contributed by atoms with E-state index < -0.39 is 10.0 Å². The van der Waals surface area contributed by atoms with Crippen molar-refractivity contribution < 1.29 is 13.5 Å². The Kier molecular flexibility index (Phi) is 5.56. The summed E-state index contributed by atoms with van der Waals surface area (Å²) in [6.45, 7) is 2.12. The van der Waals surface area contributed by atoms with Crippen LogP contribution in [0.5, 0.6) is 0 Å². The Labute approximate surface area is 137 Å². The normalized spacial score (nSPS) is 11.8. The number of aliphatic hydroxyl groups is 1. The molecule has 1 aromatic heterocycles. The molecule has 0 saturated carbocycles. The molecule has 1 aromatic carbocycles. The van der Waals surface area contributed by atoms with Gasteiger partial charge in [0.05, 0.1) is 10.4 Å². The molecule has 0 unspecified atom stereocenters. The van der Waals surface area contributed by atoms with Gasteiger partial charge in [-0.15, -0.1) is 11.3 Å². The number of halogens is 1. The number of thiophene rings is 1. The Hall–Kier alpha value is -0.730. The number of rotatable bonds is 6. The van der Waals surface area contributed by atoms with Crippen LogP contribution in [-0.4, -0.2) is 13.5 Å². The summed E-state index contributed by atoms with van der Waals surface area (Å²) >= 11 is 4.45. The first-order valence-corrected chi connectivity index (χ1v) is 9.52. The lowest BCUT2D eigenvalue weighted by atomic mass is 10.1. The Morgan fingerprint density at radius 1 is 1.29 bits per heavy atom. The summed E-state index contributed by atoms with van der Waals surface area (Å²) in [6.07, 6.45) is 0.856. The average Bonchev–Trinajstić information content (AvgIpc) is 2.87. The molecular formula is C14H16BrNO3S2. The molecule has 0 aliphatic heterocycles. The fourth-order valence-electron chi connectivity index (χ4n) is 1.98. The standard InChI is InChI=1S/C14H16BrNO3S2/c1-2-10-5-3-4-6-11(10)8-16-21(18,19)13-7-12(9-17)20-14(13)15/h3-7,16-17H,2,8-9H2,1H3. The molecule has 0 aliphatic rings. The summed E-state index contributed by atoms with van der Waals surface area (Å²) in [4.78, 5) is 0.779. The average molecular weight is 390 g/mol. The van der Waals surface area contributed by atoms with Crippen LogP contribution in [0.15, 0.2) is 39.0 Å². The van der Waals surface area contributed by atoms with Crippen molar-refractivity contribution in [3.05, 3.63) is 50.1 Å². The molecule has 0 amide bonds. The minimum atomic E-state index is -3.60. The third kappa shape index (κ3) is 3.92. The number of sulfonamides is 1. The number of benzene rings is 1. The van der Waals surface area contributed by atoms with E-state index in [9.17, 15) is 8.42 Å². The van der Waals surface area contributed by atoms with Crippen LogP contribution in [0.4, 0.5) is 0 Å². The highest BCUT2D eigenvalue weighted by Gasteiger charge is 2.20. The molecule has 2 N–H and O–H groups in total. The van der Waals surface area contributed by atoms with Gasteiger partial charge in [-0.05, 0) is 39.5 Å². The van der Waals surface area contributed by atoms with Crippen molar-refractivity contribution in [3.63, 3.8) is 0 Å². The third-order valence-electron chi connectivity index (χ3n) is 3.10. The summed E-state index contributed by atoms with van der Waals surface area (Å²) in [5, 5.41) is 9.09. The number of aliphatic hydroxyl groups excluding tert-OH is 1. The highest BCUT2D eigenvalue weighted by molar-refractivity contribution is 9.11. The fraction of sp³-hybridized carbons (Fsp3) is 0.286. The second kappa shape index (κ2) is 7.02. The molecule has 2 aromatic rings. The lowest BCUT2D eigenvalue weighted by Gasteiger charge is -2.09. The maximum Gasteiger partial charge on any atom is 0.242 e. The molecule has 0 fully saturated rings. The quantitative estimate of drug-likeness (QED) is 0.797. The highest BCUT2D eigenvalue weighted by atomic mass is 79.9. The predicted molar refractivity (Wildman–Crippen MR) is 87.8 cm³/mol.